The predicted octanol–water partition coefficient (Wildman–Crippen LogP) is 3.71. The van der Waals surface area contributed by atoms with Crippen molar-refractivity contribution in [2.45, 2.75) is 46.1 Å². The van der Waals surface area contributed by atoms with E-state index in [0.717, 1.165) is 61.6 Å². The van der Waals surface area contributed by atoms with E-state index >= 15 is 0 Å². The standard InChI is InChI=1S/C20H26N6OS/c1-4-24(5-2)19-14(3)12-26-18(22-19)10-15(23-26)16-8-6-7-9-25(16)20(27)17-11-21-13-28-17/h10-13,16H,4-9H2,1-3H3/t16-/m0/s1. The van der Waals surface area contributed by atoms with E-state index in [1.807, 2.05) is 21.7 Å². The summed E-state index contributed by atoms with van der Waals surface area (Å²) >= 11 is 1.39. The number of amides is 1. The van der Waals surface area contributed by atoms with E-state index in [0.29, 0.717) is 4.88 Å². The highest BCUT2D eigenvalue weighted by molar-refractivity contribution is 7.11. The molecule has 0 unspecified atom stereocenters. The molecule has 0 bridgehead atoms. The van der Waals surface area contributed by atoms with Crippen LogP contribution in [0.2, 0.25) is 0 Å². The first-order chi connectivity index (χ1) is 13.6. The average molecular weight is 399 g/mol. The zero-order chi connectivity index (χ0) is 19.7. The van der Waals surface area contributed by atoms with Crippen molar-refractivity contribution in [3.63, 3.8) is 0 Å². The van der Waals surface area contributed by atoms with Gasteiger partial charge in [-0.05, 0) is 40.0 Å². The van der Waals surface area contributed by atoms with Crippen LogP contribution in [0.25, 0.3) is 5.65 Å². The Balaban J connectivity index is 1.69. The van der Waals surface area contributed by atoms with Crippen molar-refractivity contribution < 1.29 is 4.79 Å². The van der Waals surface area contributed by atoms with E-state index in [9.17, 15) is 4.79 Å². The lowest BCUT2D eigenvalue weighted by molar-refractivity contribution is 0.0610. The van der Waals surface area contributed by atoms with Gasteiger partial charge in [-0.2, -0.15) is 5.10 Å². The summed E-state index contributed by atoms with van der Waals surface area (Å²) < 4.78 is 1.85. The number of fused-ring (bicyclic) bond motifs is 1. The van der Waals surface area contributed by atoms with Gasteiger partial charge in [-0.15, -0.1) is 11.3 Å². The lowest BCUT2D eigenvalue weighted by atomic mass is 9.99. The van der Waals surface area contributed by atoms with Crippen molar-refractivity contribution >= 4 is 28.7 Å². The summed E-state index contributed by atoms with van der Waals surface area (Å²) in [6, 6.07) is 2.03. The number of likely N-dealkylation sites (tertiary alicyclic amines) is 1. The normalized spacial score (nSPS) is 17.2. The van der Waals surface area contributed by atoms with E-state index in [-0.39, 0.29) is 11.9 Å². The van der Waals surface area contributed by atoms with Gasteiger partial charge in [0, 0.05) is 37.5 Å². The second-order valence-corrected chi connectivity index (χ2v) is 8.05. The molecule has 0 radical (unpaired) electrons. The van der Waals surface area contributed by atoms with Crippen LogP contribution in [0, 0.1) is 6.92 Å². The van der Waals surface area contributed by atoms with E-state index in [1.54, 1.807) is 11.7 Å². The Hall–Kier alpha value is -2.48. The van der Waals surface area contributed by atoms with Gasteiger partial charge in [0.25, 0.3) is 5.91 Å². The molecule has 1 amide bonds. The molecule has 4 rings (SSSR count). The Morgan fingerprint density at radius 3 is 2.86 bits per heavy atom. The lowest BCUT2D eigenvalue weighted by Crippen LogP contribution is -2.38. The summed E-state index contributed by atoms with van der Waals surface area (Å²) in [6.45, 7) is 8.94. The van der Waals surface area contributed by atoms with Crippen molar-refractivity contribution in [1.82, 2.24) is 24.5 Å². The molecule has 1 aliphatic heterocycles. The number of thiazole rings is 1. The van der Waals surface area contributed by atoms with Gasteiger partial charge >= 0.3 is 0 Å². The van der Waals surface area contributed by atoms with Crippen LogP contribution >= 0.6 is 11.3 Å². The third kappa shape index (κ3) is 3.37. The zero-order valence-electron chi connectivity index (χ0n) is 16.6. The van der Waals surface area contributed by atoms with Crippen LogP contribution in [-0.4, -0.2) is 50.0 Å². The maximum atomic E-state index is 13.0. The van der Waals surface area contributed by atoms with Crippen molar-refractivity contribution in [2.75, 3.05) is 24.5 Å². The molecule has 1 atom stereocenters. The Morgan fingerprint density at radius 1 is 1.32 bits per heavy atom. The molecule has 1 saturated heterocycles. The average Bonchev–Trinajstić information content (AvgIpc) is 3.38. The zero-order valence-corrected chi connectivity index (χ0v) is 17.4. The Morgan fingerprint density at radius 2 is 2.14 bits per heavy atom. The topological polar surface area (TPSA) is 66.6 Å². The van der Waals surface area contributed by atoms with Gasteiger partial charge in [-0.1, -0.05) is 0 Å². The van der Waals surface area contributed by atoms with Gasteiger partial charge in [-0.25, -0.2) is 9.50 Å². The number of carbonyl (C=O) groups is 1. The number of anilines is 1. The molecule has 3 aromatic rings. The minimum atomic E-state index is -0.0118. The fourth-order valence-electron chi connectivity index (χ4n) is 3.97. The highest BCUT2D eigenvalue weighted by Gasteiger charge is 2.31. The minimum absolute atomic E-state index is 0.0118. The smallest absolute Gasteiger partial charge is 0.266 e. The summed E-state index contributed by atoms with van der Waals surface area (Å²) in [7, 11) is 0. The SMILES string of the molecule is CCN(CC)c1nc2cc([C@@H]3CCCCN3C(=O)c3cncs3)nn2cc1C. The minimum Gasteiger partial charge on any atom is -0.357 e. The number of nitrogens with zero attached hydrogens (tertiary/aromatic N) is 6. The molecule has 0 spiro atoms. The molecule has 7 nitrogen and oxygen atoms in total. The van der Waals surface area contributed by atoms with E-state index in [1.165, 1.54) is 11.3 Å². The van der Waals surface area contributed by atoms with Crippen molar-refractivity contribution in [3.8, 4) is 0 Å². The molecule has 3 aromatic heterocycles. The molecule has 28 heavy (non-hydrogen) atoms. The van der Waals surface area contributed by atoms with Crippen LogP contribution in [-0.2, 0) is 0 Å². The number of piperidine rings is 1. The van der Waals surface area contributed by atoms with Crippen LogP contribution in [0.1, 0.15) is 60.1 Å². The van der Waals surface area contributed by atoms with Gasteiger partial charge in [0.1, 0.15) is 10.7 Å². The second-order valence-electron chi connectivity index (χ2n) is 7.17. The largest absolute Gasteiger partial charge is 0.357 e. The summed E-state index contributed by atoms with van der Waals surface area (Å²) in [5, 5.41) is 4.79. The molecule has 1 fully saturated rings. The number of aryl methyl sites for hydroxylation is 1. The van der Waals surface area contributed by atoms with Crippen molar-refractivity contribution in [2.24, 2.45) is 0 Å². The Labute approximate surface area is 169 Å². The number of hydrogen-bond acceptors (Lipinski definition) is 6. The monoisotopic (exact) mass is 398 g/mol. The summed E-state index contributed by atoms with van der Waals surface area (Å²) in [5.41, 5.74) is 4.56. The number of hydrogen-bond donors (Lipinski definition) is 0. The number of aromatic nitrogens is 4. The van der Waals surface area contributed by atoms with E-state index in [2.05, 4.69) is 30.7 Å². The molecule has 0 saturated carbocycles. The van der Waals surface area contributed by atoms with Gasteiger partial charge in [-0.3, -0.25) is 9.78 Å². The van der Waals surface area contributed by atoms with E-state index < -0.39 is 0 Å². The first kappa shape index (κ1) is 18.9. The lowest BCUT2D eigenvalue weighted by Gasteiger charge is -2.34. The van der Waals surface area contributed by atoms with Gasteiger partial charge < -0.3 is 9.80 Å². The first-order valence-electron chi connectivity index (χ1n) is 9.93. The molecule has 1 aliphatic rings. The highest BCUT2D eigenvalue weighted by atomic mass is 32.1. The second kappa shape index (κ2) is 7.87. The van der Waals surface area contributed by atoms with Crippen LogP contribution in [0.5, 0.6) is 0 Å². The molecule has 148 valence electrons. The van der Waals surface area contributed by atoms with Gasteiger partial charge in [0.2, 0.25) is 0 Å². The van der Waals surface area contributed by atoms with Crippen LogP contribution in [0.15, 0.2) is 24.0 Å². The van der Waals surface area contributed by atoms with Gasteiger partial charge in [0.05, 0.1) is 23.4 Å². The highest BCUT2D eigenvalue weighted by Crippen LogP contribution is 2.32. The predicted molar refractivity (Wildman–Crippen MR) is 111 cm³/mol. The number of rotatable bonds is 5. The summed E-state index contributed by atoms with van der Waals surface area (Å²) in [6.07, 6.45) is 6.75. The first-order valence-corrected chi connectivity index (χ1v) is 10.8. The maximum Gasteiger partial charge on any atom is 0.266 e. The summed E-state index contributed by atoms with van der Waals surface area (Å²) in [4.78, 5) is 26.8. The Bertz CT molecular complexity index is 963. The molecule has 0 N–H and O–H groups in total. The third-order valence-electron chi connectivity index (χ3n) is 5.44. The fourth-order valence-corrected chi connectivity index (χ4v) is 4.55. The quantitative estimate of drug-likeness (QED) is 0.655. The molecular formula is C20H26N6OS. The molecule has 0 aromatic carbocycles. The maximum absolute atomic E-state index is 13.0. The van der Waals surface area contributed by atoms with Crippen LogP contribution < -0.4 is 4.90 Å². The van der Waals surface area contributed by atoms with Crippen molar-refractivity contribution in [1.29, 1.82) is 0 Å². The Kier molecular flexibility index (Phi) is 5.30. The van der Waals surface area contributed by atoms with Crippen molar-refractivity contribution in [3.05, 3.63) is 40.1 Å². The molecule has 4 heterocycles. The third-order valence-corrected chi connectivity index (χ3v) is 6.20. The van der Waals surface area contributed by atoms with Crippen LogP contribution in [0.4, 0.5) is 5.82 Å². The van der Waals surface area contributed by atoms with Gasteiger partial charge in [0.15, 0.2) is 5.65 Å². The molecular weight excluding hydrogens is 372 g/mol. The molecule has 0 aliphatic carbocycles. The molecule has 8 heteroatoms. The summed E-state index contributed by atoms with van der Waals surface area (Å²) in [5.74, 6) is 1.06. The van der Waals surface area contributed by atoms with Crippen LogP contribution in [0.3, 0.4) is 0 Å². The van der Waals surface area contributed by atoms with E-state index in [4.69, 9.17) is 10.1 Å². The number of carbonyl (C=O) groups excluding carboxylic acids is 1. The fraction of sp³-hybridized carbons (Fsp3) is 0.500.